The average Bonchev–Trinajstić information content (AvgIpc) is 2.49. The first-order chi connectivity index (χ1) is 10.5. The van der Waals surface area contributed by atoms with Gasteiger partial charge in [-0.25, -0.2) is 0 Å². The van der Waals surface area contributed by atoms with Crippen molar-refractivity contribution in [2.45, 2.75) is 39.0 Å². The Balaban J connectivity index is 1.91. The molecule has 1 aromatic rings. The number of hydrogen-bond acceptors (Lipinski definition) is 2. The lowest BCUT2D eigenvalue weighted by Gasteiger charge is -2.32. The minimum Gasteiger partial charge on any atom is -0.481 e. The van der Waals surface area contributed by atoms with E-state index in [9.17, 15) is 9.59 Å². The highest BCUT2D eigenvalue weighted by atomic mass is 79.9. The van der Waals surface area contributed by atoms with Crippen LogP contribution in [0.5, 0.6) is 0 Å². The largest absolute Gasteiger partial charge is 0.481 e. The first-order valence-electron chi connectivity index (χ1n) is 7.70. The van der Waals surface area contributed by atoms with Crippen LogP contribution in [0.25, 0.3) is 0 Å². The first kappa shape index (κ1) is 17.0. The van der Waals surface area contributed by atoms with Crippen LogP contribution in [0.15, 0.2) is 22.7 Å². The van der Waals surface area contributed by atoms with Crippen molar-refractivity contribution in [1.82, 2.24) is 4.90 Å². The van der Waals surface area contributed by atoms with Crippen molar-refractivity contribution < 1.29 is 14.7 Å². The zero-order chi connectivity index (χ0) is 16.1. The zero-order valence-electron chi connectivity index (χ0n) is 12.8. The van der Waals surface area contributed by atoms with Crippen LogP contribution >= 0.6 is 15.9 Å². The smallest absolute Gasteiger partial charge is 0.303 e. The number of nitrogens with zero attached hydrogens (tertiary/aromatic N) is 1. The van der Waals surface area contributed by atoms with E-state index >= 15 is 0 Å². The molecule has 1 atom stereocenters. The molecule has 5 heteroatoms. The number of amides is 1. The van der Waals surface area contributed by atoms with Crippen LogP contribution in [-0.2, 0) is 16.0 Å². The second-order valence-electron chi connectivity index (χ2n) is 6.04. The van der Waals surface area contributed by atoms with Gasteiger partial charge in [0.2, 0.25) is 5.91 Å². The lowest BCUT2D eigenvalue weighted by molar-refractivity contribution is -0.137. The predicted octanol–water partition coefficient (Wildman–Crippen LogP) is 3.40. The van der Waals surface area contributed by atoms with E-state index in [2.05, 4.69) is 15.9 Å². The molecule has 1 aromatic carbocycles. The molecule has 0 saturated carbocycles. The Labute approximate surface area is 139 Å². The van der Waals surface area contributed by atoms with E-state index in [0.29, 0.717) is 25.3 Å². The Hall–Kier alpha value is -1.36. The van der Waals surface area contributed by atoms with E-state index in [-0.39, 0.29) is 12.3 Å². The highest BCUT2D eigenvalue weighted by Gasteiger charge is 2.24. The van der Waals surface area contributed by atoms with Gasteiger partial charge in [-0.1, -0.05) is 28.1 Å². The standard InChI is InChI=1S/C17H22BrNO3/c1-12-4-5-14(9-15(12)18)10-16(20)19-8-2-3-13(11-19)6-7-17(21)22/h4-5,9,13H,2-3,6-8,10-11H2,1H3,(H,21,22). The van der Waals surface area contributed by atoms with Gasteiger partial charge in [-0.05, 0) is 49.3 Å². The summed E-state index contributed by atoms with van der Waals surface area (Å²) in [5.41, 5.74) is 2.16. The summed E-state index contributed by atoms with van der Waals surface area (Å²) in [5, 5.41) is 8.78. The van der Waals surface area contributed by atoms with Crippen LogP contribution in [0.2, 0.25) is 0 Å². The highest BCUT2D eigenvalue weighted by Crippen LogP contribution is 2.23. The van der Waals surface area contributed by atoms with Crippen LogP contribution in [0.4, 0.5) is 0 Å². The first-order valence-corrected chi connectivity index (χ1v) is 8.49. The number of carbonyl (C=O) groups is 2. The molecule has 4 nitrogen and oxygen atoms in total. The van der Waals surface area contributed by atoms with E-state index in [1.807, 2.05) is 30.0 Å². The van der Waals surface area contributed by atoms with Crippen molar-refractivity contribution >= 4 is 27.8 Å². The van der Waals surface area contributed by atoms with E-state index < -0.39 is 5.97 Å². The number of carboxylic acid groups (broad SMARTS) is 1. The van der Waals surface area contributed by atoms with E-state index in [1.54, 1.807) is 0 Å². The molecule has 2 rings (SSSR count). The van der Waals surface area contributed by atoms with Gasteiger partial charge in [0.15, 0.2) is 0 Å². The molecule has 120 valence electrons. The van der Waals surface area contributed by atoms with Gasteiger partial charge in [0.05, 0.1) is 6.42 Å². The van der Waals surface area contributed by atoms with Crippen LogP contribution in [0, 0.1) is 12.8 Å². The predicted molar refractivity (Wildman–Crippen MR) is 88.8 cm³/mol. The molecule has 1 fully saturated rings. The molecule has 22 heavy (non-hydrogen) atoms. The second-order valence-corrected chi connectivity index (χ2v) is 6.90. The summed E-state index contributed by atoms with van der Waals surface area (Å²) in [5.74, 6) is -0.303. The number of carbonyl (C=O) groups excluding carboxylic acids is 1. The Morgan fingerprint density at radius 2 is 2.18 bits per heavy atom. The van der Waals surface area contributed by atoms with Crippen molar-refractivity contribution in [2.24, 2.45) is 5.92 Å². The maximum absolute atomic E-state index is 12.4. The molecule has 1 unspecified atom stereocenters. The van der Waals surface area contributed by atoms with Gasteiger partial charge < -0.3 is 10.0 Å². The summed E-state index contributed by atoms with van der Waals surface area (Å²) in [6.45, 7) is 3.50. The van der Waals surface area contributed by atoms with Crippen LogP contribution in [0.1, 0.15) is 36.8 Å². The number of carboxylic acids is 1. The summed E-state index contributed by atoms with van der Waals surface area (Å²) in [6, 6.07) is 6.00. The molecule has 0 bridgehead atoms. The van der Waals surface area contributed by atoms with Crippen molar-refractivity contribution in [3.05, 3.63) is 33.8 Å². The number of aliphatic carboxylic acids is 1. The third-order valence-electron chi connectivity index (χ3n) is 4.23. The fraction of sp³-hybridized carbons (Fsp3) is 0.529. The molecule has 0 aromatic heterocycles. The van der Waals surface area contributed by atoms with Gasteiger partial charge in [0.25, 0.3) is 0 Å². The van der Waals surface area contributed by atoms with E-state index in [1.165, 1.54) is 0 Å². The molecule has 1 N–H and O–H groups in total. The van der Waals surface area contributed by atoms with Crippen LogP contribution in [0.3, 0.4) is 0 Å². The van der Waals surface area contributed by atoms with Gasteiger partial charge in [0.1, 0.15) is 0 Å². The van der Waals surface area contributed by atoms with Gasteiger partial charge in [-0.2, -0.15) is 0 Å². The van der Waals surface area contributed by atoms with Gasteiger partial charge in [-0.3, -0.25) is 9.59 Å². The molecule has 1 aliphatic rings. The SMILES string of the molecule is Cc1ccc(CC(=O)N2CCCC(CCC(=O)O)C2)cc1Br. The molecule has 1 amide bonds. The Morgan fingerprint density at radius 3 is 2.86 bits per heavy atom. The third-order valence-corrected chi connectivity index (χ3v) is 5.08. The summed E-state index contributed by atoms with van der Waals surface area (Å²) >= 11 is 3.50. The normalized spacial score (nSPS) is 18.3. The number of hydrogen-bond donors (Lipinski definition) is 1. The number of benzene rings is 1. The maximum Gasteiger partial charge on any atom is 0.303 e. The molecule has 0 radical (unpaired) electrons. The summed E-state index contributed by atoms with van der Waals surface area (Å²) in [4.78, 5) is 25.0. The van der Waals surface area contributed by atoms with Crippen LogP contribution < -0.4 is 0 Å². The molecule has 1 heterocycles. The van der Waals surface area contributed by atoms with Crippen molar-refractivity contribution in [3.8, 4) is 0 Å². The van der Waals surface area contributed by atoms with Crippen molar-refractivity contribution in [3.63, 3.8) is 0 Å². The molecular weight excluding hydrogens is 346 g/mol. The number of aryl methyl sites for hydroxylation is 1. The monoisotopic (exact) mass is 367 g/mol. The molecule has 1 aliphatic heterocycles. The topological polar surface area (TPSA) is 57.6 Å². The number of piperidine rings is 1. The van der Waals surface area contributed by atoms with Crippen molar-refractivity contribution in [2.75, 3.05) is 13.1 Å². The summed E-state index contributed by atoms with van der Waals surface area (Å²) < 4.78 is 1.02. The van der Waals surface area contributed by atoms with Crippen LogP contribution in [-0.4, -0.2) is 35.0 Å². The zero-order valence-corrected chi connectivity index (χ0v) is 14.4. The maximum atomic E-state index is 12.4. The van der Waals surface area contributed by atoms with Gasteiger partial charge >= 0.3 is 5.97 Å². The Kier molecular flexibility index (Phi) is 6.00. The highest BCUT2D eigenvalue weighted by molar-refractivity contribution is 9.10. The summed E-state index contributed by atoms with van der Waals surface area (Å²) in [7, 11) is 0. The lowest BCUT2D eigenvalue weighted by atomic mass is 9.93. The second kappa shape index (κ2) is 7.77. The van der Waals surface area contributed by atoms with Gasteiger partial charge in [0, 0.05) is 24.0 Å². The number of rotatable bonds is 5. The lowest BCUT2D eigenvalue weighted by Crippen LogP contribution is -2.40. The van der Waals surface area contributed by atoms with Gasteiger partial charge in [-0.15, -0.1) is 0 Å². The van der Waals surface area contributed by atoms with Crippen molar-refractivity contribution in [1.29, 1.82) is 0 Å². The minimum absolute atomic E-state index is 0.135. The average molecular weight is 368 g/mol. The van der Waals surface area contributed by atoms with E-state index in [0.717, 1.165) is 35.0 Å². The molecule has 0 aliphatic carbocycles. The van der Waals surface area contributed by atoms with E-state index in [4.69, 9.17) is 5.11 Å². The quantitative estimate of drug-likeness (QED) is 0.867. The molecule has 0 spiro atoms. The molecule has 1 saturated heterocycles. The Morgan fingerprint density at radius 1 is 1.41 bits per heavy atom. The number of likely N-dealkylation sites (tertiary alicyclic amines) is 1. The fourth-order valence-electron chi connectivity index (χ4n) is 2.89. The summed E-state index contributed by atoms with van der Waals surface area (Å²) in [6.07, 6.45) is 3.25. The molecular formula is C17H22BrNO3. The Bertz CT molecular complexity index is 559. The minimum atomic E-state index is -0.757. The number of halogens is 1. The third kappa shape index (κ3) is 4.83. The fourth-order valence-corrected chi connectivity index (χ4v) is 3.31.